The molecular formula is C10H15NO. The van der Waals surface area contributed by atoms with Crippen molar-refractivity contribution in [1.29, 1.82) is 0 Å². The van der Waals surface area contributed by atoms with Crippen LogP contribution in [0.2, 0.25) is 0 Å². The Labute approximate surface area is 72.8 Å². The Kier molecular flexibility index (Phi) is 2.17. The smallest absolute Gasteiger partial charge is 0.0514 e. The van der Waals surface area contributed by atoms with Crippen molar-refractivity contribution < 1.29 is 5.11 Å². The number of hydrogen-bond donors (Lipinski definition) is 1. The summed E-state index contributed by atoms with van der Waals surface area (Å²) in [5.74, 6) is 0.377. The van der Waals surface area contributed by atoms with Gasteiger partial charge >= 0.3 is 0 Å². The van der Waals surface area contributed by atoms with Crippen molar-refractivity contribution in [2.45, 2.75) is 31.7 Å². The third kappa shape index (κ3) is 1.27. The first kappa shape index (κ1) is 7.87. The summed E-state index contributed by atoms with van der Waals surface area (Å²) >= 11 is 0. The molecule has 1 aliphatic heterocycles. The zero-order valence-corrected chi connectivity index (χ0v) is 7.24. The first-order valence-corrected chi connectivity index (χ1v) is 4.67. The molecule has 1 aromatic heterocycles. The third-order valence-corrected chi connectivity index (χ3v) is 2.70. The molecule has 0 aromatic carbocycles. The summed E-state index contributed by atoms with van der Waals surface area (Å²) < 4.78 is 2.27. The maximum absolute atomic E-state index is 9.17. The van der Waals surface area contributed by atoms with Crippen molar-refractivity contribution in [2.75, 3.05) is 6.61 Å². The zero-order chi connectivity index (χ0) is 8.39. The Bertz CT molecular complexity index is 254. The molecule has 0 spiro atoms. The van der Waals surface area contributed by atoms with Crippen molar-refractivity contribution in [2.24, 2.45) is 0 Å². The second kappa shape index (κ2) is 3.31. The highest BCUT2D eigenvalue weighted by Gasteiger charge is 2.16. The quantitative estimate of drug-likeness (QED) is 0.673. The molecular weight excluding hydrogens is 150 g/mol. The first-order chi connectivity index (χ1) is 5.92. The fourth-order valence-electron chi connectivity index (χ4n) is 2.01. The highest BCUT2D eigenvalue weighted by Crippen LogP contribution is 2.25. The molecule has 1 atom stereocenters. The molecule has 0 aliphatic carbocycles. The number of nitrogens with zero attached hydrogens (tertiary/aromatic N) is 1. The standard InChI is InChI=1S/C10H15NO/c12-8-9-4-1-2-6-11-7-3-5-10(9)11/h3,5,7,9,12H,1-2,4,6,8H2. The molecule has 0 fully saturated rings. The van der Waals surface area contributed by atoms with E-state index >= 15 is 0 Å². The van der Waals surface area contributed by atoms with Gasteiger partial charge in [-0.1, -0.05) is 6.42 Å². The van der Waals surface area contributed by atoms with Crippen LogP contribution in [0.1, 0.15) is 30.9 Å². The van der Waals surface area contributed by atoms with Gasteiger partial charge in [0.15, 0.2) is 0 Å². The van der Waals surface area contributed by atoms with E-state index in [1.54, 1.807) is 0 Å². The molecule has 2 rings (SSSR count). The van der Waals surface area contributed by atoms with Gasteiger partial charge in [-0.25, -0.2) is 0 Å². The van der Waals surface area contributed by atoms with Crippen LogP contribution >= 0.6 is 0 Å². The summed E-state index contributed by atoms with van der Waals surface area (Å²) in [7, 11) is 0. The van der Waals surface area contributed by atoms with E-state index in [2.05, 4.69) is 22.9 Å². The van der Waals surface area contributed by atoms with Crippen molar-refractivity contribution in [1.82, 2.24) is 4.57 Å². The molecule has 0 bridgehead atoms. The maximum atomic E-state index is 9.17. The Morgan fingerprint density at radius 3 is 3.25 bits per heavy atom. The summed E-state index contributed by atoms with van der Waals surface area (Å²) in [6, 6.07) is 4.20. The van der Waals surface area contributed by atoms with Crippen LogP contribution in [0, 0.1) is 0 Å². The molecule has 0 saturated carbocycles. The number of hydrogen-bond acceptors (Lipinski definition) is 1. The monoisotopic (exact) mass is 165 g/mol. The van der Waals surface area contributed by atoms with Crippen LogP contribution in [-0.2, 0) is 6.54 Å². The predicted molar refractivity (Wildman–Crippen MR) is 48.1 cm³/mol. The van der Waals surface area contributed by atoms with E-state index in [0.717, 1.165) is 13.0 Å². The Hall–Kier alpha value is -0.760. The molecule has 1 aliphatic rings. The van der Waals surface area contributed by atoms with Crippen LogP contribution in [0.5, 0.6) is 0 Å². The first-order valence-electron chi connectivity index (χ1n) is 4.67. The van der Waals surface area contributed by atoms with E-state index in [4.69, 9.17) is 5.11 Å². The molecule has 2 heterocycles. The van der Waals surface area contributed by atoms with Gasteiger partial charge in [0, 0.05) is 24.4 Å². The van der Waals surface area contributed by atoms with Crippen LogP contribution < -0.4 is 0 Å². The van der Waals surface area contributed by atoms with E-state index in [1.807, 2.05) is 0 Å². The number of fused-ring (bicyclic) bond motifs is 1. The van der Waals surface area contributed by atoms with Crippen molar-refractivity contribution in [3.8, 4) is 0 Å². The van der Waals surface area contributed by atoms with E-state index in [-0.39, 0.29) is 0 Å². The largest absolute Gasteiger partial charge is 0.396 e. The van der Waals surface area contributed by atoms with Gasteiger partial charge in [-0.15, -0.1) is 0 Å². The Balaban J connectivity index is 2.29. The molecule has 2 heteroatoms. The summed E-state index contributed by atoms with van der Waals surface area (Å²) in [5.41, 5.74) is 1.31. The number of rotatable bonds is 1. The molecule has 1 unspecified atom stereocenters. The van der Waals surface area contributed by atoms with Crippen LogP contribution in [0.4, 0.5) is 0 Å². The van der Waals surface area contributed by atoms with Crippen molar-refractivity contribution >= 4 is 0 Å². The lowest BCUT2D eigenvalue weighted by molar-refractivity contribution is 0.256. The van der Waals surface area contributed by atoms with E-state index in [0.29, 0.717) is 12.5 Å². The highest BCUT2D eigenvalue weighted by atomic mass is 16.3. The molecule has 0 radical (unpaired) electrons. The maximum Gasteiger partial charge on any atom is 0.0514 e. The lowest BCUT2D eigenvalue weighted by Gasteiger charge is -2.12. The summed E-state index contributed by atoms with van der Waals surface area (Å²) in [6.07, 6.45) is 5.74. The van der Waals surface area contributed by atoms with Crippen LogP contribution in [0.15, 0.2) is 18.3 Å². The molecule has 0 saturated heterocycles. The van der Waals surface area contributed by atoms with Gasteiger partial charge in [0.25, 0.3) is 0 Å². The molecule has 1 N–H and O–H groups in total. The van der Waals surface area contributed by atoms with Crippen LogP contribution in [0.25, 0.3) is 0 Å². The second-order valence-corrected chi connectivity index (χ2v) is 3.50. The van der Waals surface area contributed by atoms with Gasteiger partial charge in [0.2, 0.25) is 0 Å². The fraction of sp³-hybridized carbons (Fsp3) is 0.600. The normalized spacial score (nSPS) is 23.2. The zero-order valence-electron chi connectivity index (χ0n) is 7.24. The van der Waals surface area contributed by atoms with E-state index in [9.17, 15) is 0 Å². The van der Waals surface area contributed by atoms with E-state index in [1.165, 1.54) is 18.5 Å². The predicted octanol–water partition coefficient (Wildman–Crippen LogP) is 1.75. The summed E-state index contributed by atoms with van der Waals surface area (Å²) in [6.45, 7) is 1.42. The Morgan fingerprint density at radius 1 is 1.50 bits per heavy atom. The molecule has 1 aromatic rings. The number of aryl methyl sites for hydroxylation is 1. The summed E-state index contributed by atoms with van der Waals surface area (Å²) in [4.78, 5) is 0. The topological polar surface area (TPSA) is 25.2 Å². The second-order valence-electron chi connectivity index (χ2n) is 3.50. The van der Waals surface area contributed by atoms with E-state index < -0.39 is 0 Å². The fourth-order valence-corrected chi connectivity index (χ4v) is 2.01. The van der Waals surface area contributed by atoms with Gasteiger partial charge in [0.1, 0.15) is 0 Å². The lowest BCUT2D eigenvalue weighted by atomic mass is 10.0. The number of aromatic nitrogens is 1. The van der Waals surface area contributed by atoms with Gasteiger partial charge in [-0.05, 0) is 25.0 Å². The number of aliphatic hydroxyl groups is 1. The third-order valence-electron chi connectivity index (χ3n) is 2.70. The average Bonchev–Trinajstić information content (AvgIpc) is 2.46. The number of aliphatic hydroxyl groups excluding tert-OH is 1. The van der Waals surface area contributed by atoms with Crippen LogP contribution in [-0.4, -0.2) is 16.3 Å². The van der Waals surface area contributed by atoms with Gasteiger partial charge in [-0.3, -0.25) is 0 Å². The van der Waals surface area contributed by atoms with Gasteiger partial charge < -0.3 is 9.67 Å². The molecule has 12 heavy (non-hydrogen) atoms. The van der Waals surface area contributed by atoms with Gasteiger partial charge in [-0.2, -0.15) is 0 Å². The molecule has 2 nitrogen and oxygen atoms in total. The SMILES string of the molecule is OCC1CCCCn2cccc21. The minimum absolute atomic E-state index is 0.296. The minimum Gasteiger partial charge on any atom is -0.396 e. The summed E-state index contributed by atoms with van der Waals surface area (Å²) in [5, 5.41) is 9.17. The lowest BCUT2D eigenvalue weighted by Crippen LogP contribution is -2.07. The van der Waals surface area contributed by atoms with Crippen molar-refractivity contribution in [3.05, 3.63) is 24.0 Å². The Morgan fingerprint density at radius 2 is 2.42 bits per heavy atom. The van der Waals surface area contributed by atoms with Crippen molar-refractivity contribution in [3.63, 3.8) is 0 Å². The van der Waals surface area contributed by atoms with Gasteiger partial charge in [0.05, 0.1) is 6.61 Å². The average molecular weight is 165 g/mol. The molecule has 0 amide bonds. The minimum atomic E-state index is 0.296. The van der Waals surface area contributed by atoms with Crippen LogP contribution in [0.3, 0.4) is 0 Å². The molecule has 66 valence electrons. The highest BCUT2D eigenvalue weighted by molar-refractivity contribution is 5.13.